The fraction of sp³-hybridized carbons (Fsp3) is 0.500. The Kier molecular flexibility index (Phi) is 5.52. The van der Waals surface area contributed by atoms with E-state index in [2.05, 4.69) is 23.7 Å². The van der Waals surface area contributed by atoms with Crippen LogP contribution in [0.3, 0.4) is 0 Å². The molecule has 1 fully saturated rings. The largest absolute Gasteiger partial charge is 0.338 e. The number of nitrogens with zero attached hydrogens (tertiary/aromatic N) is 3. The molecule has 1 aliphatic heterocycles. The number of likely N-dealkylation sites (tertiary alicyclic amines) is 1. The van der Waals surface area contributed by atoms with Gasteiger partial charge in [-0.1, -0.05) is 26.0 Å². The summed E-state index contributed by atoms with van der Waals surface area (Å²) in [7, 11) is -2.16. The molecule has 0 bridgehead atoms. The first-order valence-corrected chi connectivity index (χ1v) is 11.0. The summed E-state index contributed by atoms with van der Waals surface area (Å²) in [6.45, 7) is 9.02. The van der Waals surface area contributed by atoms with Gasteiger partial charge in [-0.2, -0.15) is 5.10 Å². The summed E-state index contributed by atoms with van der Waals surface area (Å²) in [6.07, 6.45) is 1.09. The smallest absolute Gasteiger partial charge is 0.265 e. The highest BCUT2D eigenvalue weighted by atomic mass is 32.2. The van der Waals surface area contributed by atoms with E-state index in [1.54, 1.807) is 45.2 Å². The molecule has 2 atom stereocenters. The predicted octanol–water partition coefficient (Wildman–Crippen LogP) is 2.96. The Bertz CT molecular complexity index is 987. The Morgan fingerprint density at radius 1 is 1.14 bits per heavy atom. The molecule has 2 unspecified atom stereocenters. The minimum Gasteiger partial charge on any atom is -0.338 e. The number of nitrogens with one attached hydrogen (secondary N) is 1. The number of benzene rings is 1. The summed E-state index contributed by atoms with van der Waals surface area (Å²) in [5.41, 5.74) is 1.63. The van der Waals surface area contributed by atoms with Crippen LogP contribution < -0.4 is 4.72 Å². The van der Waals surface area contributed by atoms with Crippen molar-refractivity contribution in [3.63, 3.8) is 0 Å². The molecule has 2 aromatic rings. The number of carbonyl (C=O) groups excluding carboxylic acids is 1. The van der Waals surface area contributed by atoms with Crippen molar-refractivity contribution < 1.29 is 13.2 Å². The van der Waals surface area contributed by atoms with Gasteiger partial charge in [0.2, 0.25) is 0 Å². The molecule has 1 aromatic heterocycles. The maximum Gasteiger partial charge on any atom is 0.265 e. The van der Waals surface area contributed by atoms with E-state index in [0.717, 1.165) is 6.42 Å². The molecule has 152 valence electrons. The second kappa shape index (κ2) is 7.58. The third kappa shape index (κ3) is 3.92. The molecule has 2 heterocycles. The molecule has 1 N–H and O–H groups in total. The van der Waals surface area contributed by atoms with Crippen LogP contribution in [-0.2, 0) is 17.1 Å². The summed E-state index contributed by atoms with van der Waals surface area (Å²) in [5, 5.41) is 4.19. The first-order valence-electron chi connectivity index (χ1n) is 9.51. The second-order valence-corrected chi connectivity index (χ2v) is 9.55. The summed E-state index contributed by atoms with van der Waals surface area (Å²) >= 11 is 0. The first-order chi connectivity index (χ1) is 13.1. The number of sulfonamides is 1. The predicted molar refractivity (Wildman–Crippen MR) is 109 cm³/mol. The molecule has 0 radical (unpaired) electrons. The monoisotopic (exact) mass is 404 g/mol. The molecule has 1 saturated heterocycles. The molecule has 3 rings (SSSR count). The lowest BCUT2D eigenvalue weighted by molar-refractivity contribution is 0.0624. The number of piperidine rings is 1. The van der Waals surface area contributed by atoms with Crippen molar-refractivity contribution in [3.8, 4) is 0 Å². The van der Waals surface area contributed by atoms with Crippen LogP contribution in [0.5, 0.6) is 0 Å². The highest BCUT2D eigenvalue weighted by molar-refractivity contribution is 7.92. The topological polar surface area (TPSA) is 84.3 Å². The van der Waals surface area contributed by atoms with Crippen molar-refractivity contribution in [3.05, 3.63) is 41.2 Å². The van der Waals surface area contributed by atoms with Gasteiger partial charge >= 0.3 is 0 Å². The van der Waals surface area contributed by atoms with Crippen molar-refractivity contribution in [1.82, 2.24) is 14.7 Å². The Morgan fingerprint density at radius 3 is 2.32 bits per heavy atom. The normalized spacial score (nSPS) is 20.2. The van der Waals surface area contributed by atoms with Crippen molar-refractivity contribution in [1.29, 1.82) is 0 Å². The van der Waals surface area contributed by atoms with Gasteiger partial charge in [-0.25, -0.2) is 8.42 Å². The van der Waals surface area contributed by atoms with Crippen molar-refractivity contribution in [2.24, 2.45) is 18.9 Å². The van der Waals surface area contributed by atoms with Crippen LogP contribution in [0, 0.1) is 25.7 Å². The van der Waals surface area contributed by atoms with E-state index in [1.807, 2.05) is 4.90 Å². The van der Waals surface area contributed by atoms with Gasteiger partial charge in [0.05, 0.1) is 22.6 Å². The fourth-order valence-electron chi connectivity index (χ4n) is 4.10. The van der Waals surface area contributed by atoms with Gasteiger partial charge in [0.15, 0.2) is 0 Å². The maximum atomic E-state index is 13.1. The molecular weight excluding hydrogens is 376 g/mol. The molecule has 1 amide bonds. The number of hydrogen-bond acceptors (Lipinski definition) is 4. The van der Waals surface area contributed by atoms with Crippen LogP contribution in [0.15, 0.2) is 29.2 Å². The number of carbonyl (C=O) groups is 1. The summed E-state index contributed by atoms with van der Waals surface area (Å²) in [5.74, 6) is 0.714. The van der Waals surface area contributed by atoms with Gasteiger partial charge < -0.3 is 4.90 Å². The van der Waals surface area contributed by atoms with Gasteiger partial charge in [0.1, 0.15) is 4.90 Å². The molecular formula is C20H28N4O3S. The minimum atomic E-state index is -3.87. The molecule has 0 saturated carbocycles. The highest BCUT2D eigenvalue weighted by Crippen LogP contribution is 2.27. The molecule has 0 aliphatic carbocycles. The lowest BCUT2D eigenvalue weighted by Gasteiger charge is -2.35. The van der Waals surface area contributed by atoms with Crippen LogP contribution in [0.1, 0.15) is 42.0 Å². The lowest BCUT2D eigenvalue weighted by atomic mass is 9.91. The van der Waals surface area contributed by atoms with E-state index in [0.29, 0.717) is 47.6 Å². The summed E-state index contributed by atoms with van der Waals surface area (Å²) < 4.78 is 30.2. The number of aryl methyl sites for hydroxylation is 2. The van der Waals surface area contributed by atoms with Crippen molar-refractivity contribution in [2.75, 3.05) is 17.8 Å². The summed E-state index contributed by atoms with van der Waals surface area (Å²) in [4.78, 5) is 15.1. The first kappa shape index (κ1) is 20.4. The second-order valence-electron chi connectivity index (χ2n) is 7.93. The zero-order chi connectivity index (χ0) is 20.6. The number of aromatic nitrogens is 2. The minimum absolute atomic E-state index is 0.142. The van der Waals surface area contributed by atoms with Crippen molar-refractivity contribution >= 4 is 21.6 Å². The summed E-state index contributed by atoms with van der Waals surface area (Å²) in [6, 6.07) is 6.77. The van der Waals surface area contributed by atoms with Crippen LogP contribution in [0.25, 0.3) is 0 Å². The highest BCUT2D eigenvalue weighted by Gasteiger charge is 2.29. The number of hydrogen-bond donors (Lipinski definition) is 1. The van der Waals surface area contributed by atoms with Crippen LogP contribution in [0.4, 0.5) is 5.69 Å². The number of para-hydroxylation sites is 1. The van der Waals surface area contributed by atoms with Crippen LogP contribution in [0.2, 0.25) is 0 Å². The quantitative estimate of drug-likeness (QED) is 0.849. The van der Waals surface area contributed by atoms with E-state index in [-0.39, 0.29) is 10.8 Å². The third-order valence-electron chi connectivity index (χ3n) is 5.27. The maximum absolute atomic E-state index is 13.1. The molecule has 1 aromatic carbocycles. The standard InChI is InChI=1S/C20H28N4O3S/c1-13-10-14(2)12-24(11-13)20(25)17-8-6-7-9-18(17)22-28(26,27)19-15(3)21-23(5)16(19)4/h6-9,13-14,22H,10-12H2,1-5H3. The Labute approximate surface area is 166 Å². The molecule has 7 nitrogen and oxygen atoms in total. The number of rotatable bonds is 4. The van der Waals surface area contributed by atoms with Crippen LogP contribution >= 0.6 is 0 Å². The molecule has 0 spiro atoms. The average molecular weight is 405 g/mol. The molecule has 1 aliphatic rings. The van der Waals surface area contributed by atoms with E-state index in [9.17, 15) is 13.2 Å². The van der Waals surface area contributed by atoms with E-state index < -0.39 is 10.0 Å². The fourth-order valence-corrected chi connectivity index (χ4v) is 5.62. The zero-order valence-corrected chi connectivity index (χ0v) is 17.9. The van der Waals surface area contributed by atoms with E-state index in [4.69, 9.17) is 0 Å². The van der Waals surface area contributed by atoms with Gasteiger partial charge in [-0.05, 0) is 44.2 Å². The van der Waals surface area contributed by atoms with Crippen LogP contribution in [-0.4, -0.2) is 42.1 Å². The SMILES string of the molecule is Cc1nn(C)c(C)c1S(=O)(=O)Nc1ccccc1C(=O)N1CC(C)CC(C)C1. The van der Waals surface area contributed by atoms with Gasteiger partial charge in [-0.3, -0.25) is 14.2 Å². The Balaban J connectivity index is 1.93. The van der Waals surface area contributed by atoms with Gasteiger partial charge in [0.25, 0.3) is 15.9 Å². The zero-order valence-electron chi connectivity index (χ0n) is 17.1. The van der Waals surface area contributed by atoms with E-state index in [1.165, 1.54) is 4.68 Å². The van der Waals surface area contributed by atoms with Gasteiger partial charge in [0, 0.05) is 20.1 Å². The Morgan fingerprint density at radius 2 is 1.75 bits per heavy atom. The lowest BCUT2D eigenvalue weighted by Crippen LogP contribution is -2.42. The molecule has 28 heavy (non-hydrogen) atoms. The van der Waals surface area contributed by atoms with E-state index >= 15 is 0 Å². The van der Waals surface area contributed by atoms with Crippen molar-refractivity contribution in [2.45, 2.75) is 39.0 Å². The third-order valence-corrected chi connectivity index (χ3v) is 6.89. The number of anilines is 1. The van der Waals surface area contributed by atoms with Gasteiger partial charge in [-0.15, -0.1) is 0 Å². The molecule has 8 heteroatoms. The number of amides is 1. The Hall–Kier alpha value is -2.35. The average Bonchev–Trinajstić information content (AvgIpc) is 2.86.